The molecule has 19 heavy (non-hydrogen) atoms. The van der Waals surface area contributed by atoms with Crippen molar-refractivity contribution in [3.8, 4) is 0 Å². The molecule has 0 aliphatic carbocycles. The molecule has 1 saturated heterocycles. The summed E-state index contributed by atoms with van der Waals surface area (Å²) >= 11 is 0. The predicted molar refractivity (Wildman–Crippen MR) is 74.8 cm³/mol. The molecule has 1 N–H and O–H groups in total. The second-order valence-corrected chi connectivity index (χ2v) is 5.36. The van der Waals surface area contributed by atoms with E-state index in [1.165, 1.54) is 30.8 Å². The van der Waals surface area contributed by atoms with Gasteiger partial charge < -0.3 is 0 Å². The van der Waals surface area contributed by atoms with Gasteiger partial charge in [-0.15, -0.1) is 0 Å². The molecular weight excluding hydrogens is 236 g/mol. The Bertz CT molecular complexity index is 521. The van der Waals surface area contributed by atoms with Crippen LogP contribution in [0, 0.1) is 6.92 Å². The van der Waals surface area contributed by atoms with E-state index in [0.29, 0.717) is 5.92 Å². The van der Waals surface area contributed by atoms with E-state index in [0.717, 1.165) is 18.8 Å². The van der Waals surface area contributed by atoms with E-state index < -0.39 is 0 Å². The SMILES string of the molecule is Cc1cccc(CN2CCCC(c3ccn[nH]3)C2)n1. The minimum atomic E-state index is 0.584. The highest BCUT2D eigenvalue weighted by molar-refractivity contribution is 5.11. The standard InChI is InChI=1S/C15H20N4/c1-12-4-2-6-14(17-12)11-19-9-3-5-13(10-19)15-7-8-16-18-15/h2,4,6-8,13H,3,5,9-11H2,1H3,(H,16,18). The number of aromatic nitrogens is 3. The zero-order chi connectivity index (χ0) is 13.1. The molecule has 3 rings (SSSR count). The third-order valence-electron chi connectivity index (χ3n) is 3.80. The maximum absolute atomic E-state index is 4.59. The van der Waals surface area contributed by atoms with Crippen LogP contribution in [-0.4, -0.2) is 33.2 Å². The summed E-state index contributed by atoms with van der Waals surface area (Å²) in [5.41, 5.74) is 3.53. The molecule has 4 heteroatoms. The molecule has 0 aromatic carbocycles. The number of nitrogens with zero attached hydrogens (tertiary/aromatic N) is 3. The molecule has 4 nitrogen and oxygen atoms in total. The molecule has 1 atom stereocenters. The Hall–Kier alpha value is -1.68. The fourth-order valence-electron chi connectivity index (χ4n) is 2.86. The number of aromatic amines is 1. The van der Waals surface area contributed by atoms with Crippen LogP contribution in [0.4, 0.5) is 0 Å². The first kappa shape index (κ1) is 12.4. The Morgan fingerprint density at radius 2 is 2.32 bits per heavy atom. The van der Waals surface area contributed by atoms with E-state index in [1.807, 2.05) is 19.2 Å². The van der Waals surface area contributed by atoms with Crippen LogP contribution in [-0.2, 0) is 6.54 Å². The lowest BCUT2D eigenvalue weighted by Gasteiger charge is -2.31. The summed E-state index contributed by atoms with van der Waals surface area (Å²) in [6.45, 7) is 5.26. The number of piperidine rings is 1. The number of hydrogen-bond acceptors (Lipinski definition) is 3. The molecule has 3 heterocycles. The van der Waals surface area contributed by atoms with Crippen LogP contribution in [0.15, 0.2) is 30.5 Å². The van der Waals surface area contributed by atoms with Gasteiger partial charge in [0.25, 0.3) is 0 Å². The smallest absolute Gasteiger partial charge is 0.0547 e. The van der Waals surface area contributed by atoms with Gasteiger partial charge in [0.2, 0.25) is 0 Å². The Balaban J connectivity index is 1.65. The number of hydrogen-bond donors (Lipinski definition) is 1. The zero-order valence-electron chi connectivity index (χ0n) is 11.3. The van der Waals surface area contributed by atoms with Gasteiger partial charge in [-0.2, -0.15) is 5.10 Å². The van der Waals surface area contributed by atoms with E-state index in [9.17, 15) is 0 Å². The van der Waals surface area contributed by atoms with Gasteiger partial charge in [-0.1, -0.05) is 6.07 Å². The van der Waals surface area contributed by atoms with E-state index >= 15 is 0 Å². The van der Waals surface area contributed by atoms with Gasteiger partial charge in [-0.3, -0.25) is 15.0 Å². The number of nitrogens with one attached hydrogen (secondary N) is 1. The van der Waals surface area contributed by atoms with Gasteiger partial charge in [0.05, 0.1) is 5.69 Å². The van der Waals surface area contributed by atoms with Crippen LogP contribution in [0.2, 0.25) is 0 Å². The van der Waals surface area contributed by atoms with Crippen LogP contribution in [0.5, 0.6) is 0 Å². The predicted octanol–water partition coefficient (Wildman–Crippen LogP) is 2.49. The third-order valence-corrected chi connectivity index (χ3v) is 3.80. The molecule has 0 amide bonds. The summed E-state index contributed by atoms with van der Waals surface area (Å²) in [5.74, 6) is 0.584. The van der Waals surface area contributed by atoms with Crippen molar-refractivity contribution >= 4 is 0 Å². The summed E-state index contributed by atoms with van der Waals surface area (Å²) in [5, 5.41) is 7.17. The Labute approximate surface area is 113 Å². The van der Waals surface area contributed by atoms with Crippen molar-refractivity contribution in [3.05, 3.63) is 47.5 Å². The molecule has 2 aromatic heterocycles. The average molecular weight is 256 g/mol. The molecule has 1 aliphatic heterocycles. The Morgan fingerprint density at radius 1 is 1.37 bits per heavy atom. The van der Waals surface area contributed by atoms with Crippen molar-refractivity contribution in [2.75, 3.05) is 13.1 Å². The molecule has 1 aliphatic rings. The van der Waals surface area contributed by atoms with Crippen molar-refractivity contribution in [2.24, 2.45) is 0 Å². The van der Waals surface area contributed by atoms with Crippen LogP contribution < -0.4 is 0 Å². The minimum absolute atomic E-state index is 0.584. The van der Waals surface area contributed by atoms with Crippen LogP contribution in [0.3, 0.4) is 0 Å². The van der Waals surface area contributed by atoms with Gasteiger partial charge in [-0.05, 0) is 44.5 Å². The van der Waals surface area contributed by atoms with Gasteiger partial charge >= 0.3 is 0 Å². The lowest BCUT2D eigenvalue weighted by Crippen LogP contribution is -2.34. The lowest BCUT2D eigenvalue weighted by molar-refractivity contribution is 0.196. The van der Waals surface area contributed by atoms with Gasteiger partial charge in [0.15, 0.2) is 0 Å². The number of likely N-dealkylation sites (tertiary alicyclic amines) is 1. The largest absolute Gasteiger partial charge is 0.297 e. The number of rotatable bonds is 3. The fraction of sp³-hybridized carbons (Fsp3) is 0.467. The molecule has 0 bridgehead atoms. The van der Waals surface area contributed by atoms with Crippen molar-refractivity contribution in [1.29, 1.82) is 0 Å². The number of aryl methyl sites for hydroxylation is 1. The van der Waals surface area contributed by atoms with E-state index in [-0.39, 0.29) is 0 Å². The third kappa shape index (κ3) is 3.01. The highest BCUT2D eigenvalue weighted by Gasteiger charge is 2.22. The Kier molecular flexibility index (Phi) is 3.60. The number of H-pyrrole nitrogens is 1. The molecule has 0 saturated carbocycles. The lowest BCUT2D eigenvalue weighted by atomic mass is 9.95. The quantitative estimate of drug-likeness (QED) is 0.917. The summed E-state index contributed by atoms with van der Waals surface area (Å²) in [7, 11) is 0. The van der Waals surface area contributed by atoms with Gasteiger partial charge in [0.1, 0.15) is 0 Å². The molecular formula is C15H20N4. The normalized spacial score (nSPS) is 20.6. The fourth-order valence-corrected chi connectivity index (χ4v) is 2.86. The summed E-state index contributed by atoms with van der Waals surface area (Å²) in [4.78, 5) is 7.09. The topological polar surface area (TPSA) is 44.8 Å². The molecule has 100 valence electrons. The summed E-state index contributed by atoms with van der Waals surface area (Å²) in [6, 6.07) is 8.35. The van der Waals surface area contributed by atoms with Crippen molar-refractivity contribution in [2.45, 2.75) is 32.2 Å². The first-order valence-electron chi connectivity index (χ1n) is 6.95. The first-order chi connectivity index (χ1) is 9.31. The van der Waals surface area contributed by atoms with Crippen molar-refractivity contribution in [1.82, 2.24) is 20.1 Å². The highest BCUT2D eigenvalue weighted by atomic mass is 15.2. The molecule has 0 spiro atoms. The molecule has 1 fully saturated rings. The average Bonchev–Trinajstić information content (AvgIpc) is 2.93. The van der Waals surface area contributed by atoms with Crippen LogP contribution >= 0.6 is 0 Å². The Morgan fingerprint density at radius 3 is 3.11 bits per heavy atom. The zero-order valence-corrected chi connectivity index (χ0v) is 11.3. The highest BCUT2D eigenvalue weighted by Crippen LogP contribution is 2.25. The number of pyridine rings is 1. The van der Waals surface area contributed by atoms with Gasteiger partial charge in [-0.25, -0.2) is 0 Å². The molecule has 2 aromatic rings. The maximum Gasteiger partial charge on any atom is 0.0547 e. The summed E-state index contributed by atoms with van der Waals surface area (Å²) in [6.07, 6.45) is 4.34. The minimum Gasteiger partial charge on any atom is -0.297 e. The van der Waals surface area contributed by atoms with E-state index in [2.05, 4.69) is 38.3 Å². The molecule has 1 unspecified atom stereocenters. The van der Waals surface area contributed by atoms with E-state index in [4.69, 9.17) is 0 Å². The second-order valence-electron chi connectivity index (χ2n) is 5.36. The van der Waals surface area contributed by atoms with Crippen molar-refractivity contribution < 1.29 is 0 Å². The first-order valence-corrected chi connectivity index (χ1v) is 6.95. The van der Waals surface area contributed by atoms with Crippen LogP contribution in [0.25, 0.3) is 0 Å². The molecule has 0 radical (unpaired) electrons. The summed E-state index contributed by atoms with van der Waals surface area (Å²) < 4.78 is 0. The van der Waals surface area contributed by atoms with E-state index in [1.54, 1.807) is 0 Å². The monoisotopic (exact) mass is 256 g/mol. The second kappa shape index (κ2) is 5.53. The maximum atomic E-state index is 4.59. The van der Waals surface area contributed by atoms with Crippen molar-refractivity contribution in [3.63, 3.8) is 0 Å². The van der Waals surface area contributed by atoms with Crippen LogP contribution in [0.1, 0.15) is 35.8 Å². The van der Waals surface area contributed by atoms with Gasteiger partial charge in [0, 0.05) is 36.6 Å².